The van der Waals surface area contributed by atoms with E-state index in [2.05, 4.69) is 27.5 Å². The Morgan fingerprint density at radius 3 is 2.57 bits per heavy atom. The van der Waals surface area contributed by atoms with Crippen molar-refractivity contribution in [1.29, 1.82) is 0 Å². The first kappa shape index (κ1) is 20.0. The number of aromatic nitrogens is 2. The quantitative estimate of drug-likeness (QED) is 0.616. The lowest BCUT2D eigenvalue weighted by atomic mass is 10.2. The monoisotopic (exact) mass is 415 g/mol. The third-order valence-electron chi connectivity index (χ3n) is 4.43. The lowest BCUT2D eigenvalue weighted by Gasteiger charge is -2.05. The summed E-state index contributed by atoms with van der Waals surface area (Å²) in [5.41, 5.74) is 4.41. The van der Waals surface area contributed by atoms with Crippen LogP contribution in [0.4, 0.5) is 5.13 Å². The first-order valence-corrected chi connectivity index (χ1v) is 11.3. The second kappa shape index (κ2) is 7.73. The van der Waals surface area contributed by atoms with E-state index in [1.165, 1.54) is 35.6 Å². The molecule has 146 valence electrons. The van der Waals surface area contributed by atoms with Gasteiger partial charge >= 0.3 is 0 Å². The molecule has 3 rings (SSSR count). The van der Waals surface area contributed by atoms with Crippen molar-refractivity contribution >= 4 is 32.2 Å². The normalized spacial score (nSPS) is 11.4. The zero-order valence-corrected chi connectivity index (χ0v) is 17.5. The molecule has 28 heavy (non-hydrogen) atoms. The Kier molecular flexibility index (Phi) is 5.53. The van der Waals surface area contributed by atoms with Gasteiger partial charge in [-0.1, -0.05) is 6.08 Å². The van der Waals surface area contributed by atoms with E-state index >= 15 is 0 Å². The van der Waals surface area contributed by atoms with E-state index in [0.29, 0.717) is 10.7 Å². The molecule has 0 aliphatic heterocycles. The van der Waals surface area contributed by atoms with Gasteiger partial charge in [-0.05, 0) is 44.2 Å². The Bertz CT molecular complexity index is 1140. The molecule has 2 heterocycles. The maximum atomic E-state index is 12.4. The van der Waals surface area contributed by atoms with Gasteiger partial charge < -0.3 is 4.57 Å². The zero-order chi connectivity index (χ0) is 20.5. The molecule has 6 nitrogen and oxygen atoms in total. The molecule has 1 aromatic carbocycles. The van der Waals surface area contributed by atoms with Crippen LogP contribution in [0, 0.1) is 13.8 Å². The molecule has 3 aromatic rings. The SMILES string of the molecule is C=CCn1c(C)cc(-c2csc(NC(=O)c3ccc(S(C)(=O)=O)cc3)n2)c1C. The smallest absolute Gasteiger partial charge is 0.257 e. The number of sulfone groups is 1. The van der Waals surface area contributed by atoms with Crippen LogP contribution >= 0.6 is 11.3 Å². The van der Waals surface area contributed by atoms with Crippen LogP contribution in [0.5, 0.6) is 0 Å². The lowest BCUT2D eigenvalue weighted by molar-refractivity contribution is 0.102. The molecule has 0 saturated heterocycles. The maximum absolute atomic E-state index is 12.4. The van der Waals surface area contributed by atoms with Gasteiger partial charge in [0.25, 0.3) is 5.91 Å². The summed E-state index contributed by atoms with van der Waals surface area (Å²) in [6, 6.07) is 7.90. The molecule has 2 aromatic heterocycles. The highest BCUT2D eigenvalue weighted by Crippen LogP contribution is 2.30. The lowest BCUT2D eigenvalue weighted by Crippen LogP contribution is -2.12. The van der Waals surface area contributed by atoms with Crippen LogP contribution in [-0.2, 0) is 16.4 Å². The van der Waals surface area contributed by atoms with Gasteiger partial charge in [0.05, 0.1) is 10.6 Å². The number of allylic oxidation sites excluding steroid dienone is 1. The van der Waals surface area contributed by atoms with Crippen LogP contribution < -0.4 is 5.32 Å². The standard InChI is InChI=1S/C20H21N3O3S2/c1-5-10-23-13(2)11-17(14(23)3)18-12-27-20(21-18)22-19(24)15-6-8-16(9-7-15)28(4,25)26/h5-9,11-12H,1,10H2,2-4H3,(H,21,22,24). The molecule has 0 bridgehead atoms. The summed E-state index contributed by atoms with van der Waals surface area (Å²) >= 11 is 1.34. The number of rotatable bonds is 6. The minimum Gasteiger partial charge on any atom is -0.345 e. The first-order valence-electron chi connectivity index (χ1n) is 8.55. The van der Waals surface area contributed by atoms with Gasteiger partial charge in [-0.2, -0.15) is 0 Å². The zero-order valence-electron chi connectivity index (χ0n) is 15.9. The van der Waals surface area contributed by atoms with E-state index in [-0.39, 0.29) is 10.8 Å². The number of nitrogens with zero attached hydrogens (tertiary/aromatic N) is 2. The number of thiazole rings is 1. The molecule has 0 fully saturated rings. The largest absolute Gasteiger partial charge is 0.345 e. The van der Waals surface area contributed by atoms with Crippen LogP contribution in [0.1, 0.15) is 21.7 Å². The molecule has 0 spiro atoms. The maximum Gasteiger partial charge on any atom is 0.257 e. The molecule has 0 atom stereocenters. The predicted octanol–water partition coefficient (Wildman–Crippen LogP) is 4.07. The van der Waals surface area contributed by atoms with Crippen molar-refractivity contribution in [2.45, 2.75) is 25.3 Å². The number of aryl methyl sites for hydroxylation is 1. The molecular weight excluding hydrogens is 394 g/mol. The van der Waals surface area contributed by atoms with Gasteiger partial charge in [0.15, 0.2) is 15.0 Å². The number of nitrogens with one attached hydrogen (secondary N) is 1. The number of hydrogen-bond acceptors (Lipinski definition) is 5. The minimum atomic E-state index is -3.29. The summed E-state index contributed by atoms with van der Waals surface area (Å²) in [6.07, 6.45) is 2.98. The Labute approximate surface area is 168 Å². The third-order valence-corrected chi connectivity index (χ3v) is 6.32. The average molecular weight is 416 g/mol. The molecule has 1 N–H and O–H groups in total. The topological polar surface area (TPSA) is 81.1 Å². The fraction of sp³-hybridized carbons (Fsp3) is 0.200. The van der Waals surface area contributed by atoms with Gasteiger partial charge in [-0.25, -0.2) is 13.4 Å². The van der Waals surface area contributed by atoms with Crippen LogP contribution in [0.15, 0.2) is 53.3 Å². The molecular formula is C20H21N3O3S2. The van der Waals surface area contributed by atoms with Crippen molar-refractivity contribution in [2.24, 2.45) is 0 Å². The molecule has 0 unspecified atom stereocenters. The van der Waals surface area contributed by atoms with Crippen molar-refractivity contribution in [3.63, 3.8) is 0 Å². The van der Waals surface area contributed by atoms with Crippen molar-refractivity contribution in [1.82, 2.24) is 9.55 Å². The van der Waals surface area contributed by atoms with Crippen molar-refractivity contribution in [3.05, 3.63) is 65.3 Å². The van der Waals surface area contributed by atoms with E-state index in [9.17, 15) is 13.2 Å². The molecule has 0 radical (unpaired) electrons. The number of amides is 1. The fourth-order valence-electron chi connectivity index (χ4n) is 2.95. The van der Waals surface area contributed by atoms with Gasteiger partial charge in [0.1, 0.15) is 0 Å². The summed E-state index contributed by atoms with van der Waals surface area (Å²) in [4.78, 5) is 17.1. The Hall–Kier alpha value is -2.71. The summed E-state index contributed by atoms with van der Waals surface area (Å²) < 4.78 is 25.2. The second-order valence-corrected chi connectivity index (χ2v) is 9.35. The Morgan fingerprint density at radius 1 is 1.29 bits per heavy atom. The van der Waals surface area contributed by atoms with E-state index < -0.39 is 9.84 Å². The van der Waals surface area contributed by atoms with E-state index in [1.54, 1.807) is 0 Å². The van der Waals surface area contributed by atoms with E-state index in [1.807, 2.05) is 25.3 Å². The molecule has 1 amide bonds. The second-order valence-electron chi connectivity index (χ2n) is 6.47. The highest BCUT2D eigenvalue weighted by molar-refractivity contribution is 7.90. The summed E-state index contributed by atoms with van der Waals surface area (Å²) in [5.74, 6) is -0.335. The Morgan fingerprint density at radius 2 is 1.96 bits per heavy atom. The number of hydrogen-bond donors (Lipinski definition) is 1. The Balaban J connectivity index is 1.79. The van der Waals surface area contributed by atoms with Gasteiger partial charge in [0.2, 0.25) is 0 Å². The first-order chi connectivity index (χ1) is 13.2. The summed E-state index contributed by atoms with van der Waals surface area (Å²) in [6.45, 7) is 8.59. The van der Waals surface area contributed by atoms with Crippen LogP contribution in [0.2, 0.25) is 0 Å². The summed E-state index contributed by atoms with van der Waals surface area (Å²) in [5, 5.41) is 5.16. The number of carbonyl (C=O) groups excluding carboxylic acids is 1. The van der Waals surface area contributed by atoms with Crippen molar-refractivity contribution < 1.29 is 13.2 Å². The van der Waals surface area contributed by atoms with Gasteiger partial charge in [-0.15, -0.1) is 17.9 Å². The molecule has 8 heteroatoms. The number of benzene rings is 1. The van der Waals surface area contributed by atoms with E-state index in [4.69, 9.17) is 0 Å². The minimum absolute atomic E-state index is 0.176. The average Bonchev–Trinajstić information content (AvgIpc) is 3.21. The number of carbonyl (C=O) groups is 1. The molecule has 0 saturated carbocycles. The van der Waals surface area contributed by atoms with Crippen LogP contribution in [0.25, 0.3) is 11.3 Å². The fourth-order valence-corrected chi connectivity index (χ4v) is 4.28. The highest BCUT2D eigenvalue weighted by atomic mass is 32.2. The van der Waals surface area contributed by atoms with Crippen molar-refractivity contribution in [3.8, 4) is 11.3 Å². The van der Waals surface area contributed by atoms with E-state index in [0.717, 1.165) is 35.4 Å². The summed E-state index contributed by atoms with van der Waals surface area (Å²) in [7, 11) is -3.29. The predicted molar refractivity (Wildman–Crippen MR) is 113 cm³/mol. The van der Waals surface area contributed by atoms with Gasteiger partial charge in [0, 0.05) is 40.7 Å². The highest BCUT2D eigenvalue weighted by Gasteiger charge is 2.15. The van der Waals surface area contributed by atoms with Crippen LogP contribution in [-0.4, -0.2) is 30.1 Å². The number of anilines is 1. The van der Waals surface area contributed by atoms with Crippen LogP contribution in [0.3, 0.4) is 0 Å². The molecule has 0 aliphatic rings. The van der Waals surface area contributed by atoms with Gasteiger partial charge in [-0.3, -0.25) is 10.1 Å². The third kappa shape index (κ3) is 4.07. The van der Waals surface area contributed by atoms with Crippen molar-refractivity contribution in [2.75, 3.05) is 11.6 Å². The molecule has 0 aliphatic carbocycles.